The van der Waals surface area contributed by atoms with Crippen molar-refractivity contribution in [2.75, 3.05) is 0 Å². The van der Waals surface area contributed by atoms with E-state index in [1.54, 1.807) is 11.8 Å². The molecule has 134 valence electrons. The summed E-state index contributed by atoms with van der Waals surface area (Å²) in [6.07, 6.45) is 0.725. The highest BCUT2D eigenvalue weighted by Crippen LogP contribution is 2.27. The van der Waals surface area contributed by atoms with E-state index in [-0.39, 0.29) is 0 Å². The van der Waals surface area contributed by atoms with Crippen LogP contribution in [0.3, 0.4) is 0 Å². The fourth-order valence-electron chi connectivity index (χ4n) is 2.86. The van der Waals surface area contributed by atoms with Gasteiger partial charge in [-0.05, 0) is 35.4 Å². The second-order valence-corrected chi connectivity index (χ2v) is 7.53. The van der Waals surface area contributed by atoms with Gasteiger partial charge in [-0.25, -0.2) is 0 Å². The molecule has 0 spiro atoms. The fourth-order valence-corrected chi connectivity index (χ4v) is 3.91. The minimum absolute atomic E-state index is 0.718. The van der Waals surface area contributed by atoms with E-state index in [1.807, 2.05) is 48.5 Å². The molecule has 0 bridgehead atoms. The molecule has 0 amide bonds. The Morgan fingerprint density at radius 3 is 2.04 bits per heavy atom. The van der Waals surface area contributed by atoms with Gasteiger partial charge < -0.3 is 0 Å². The molecule has 0 unspecified atom stereocenters. The maximum Gasteiger partial charge on any atom is 0.196 e. The second kappa shape index (κ2) is 8.42. The summed E-state index contributed by atoms with van der Waals surface area (Å²) < 4.78 is 2.12. The van der Waals surface area contributed by atoms with Crippen molar-refractivity contribution in [3.05, 3.63) is 107 Å². The van der Waals surface area contributed by atoms with Gasteiger partial charge in [-0.2, -0.15) is 0 Å². The van der Waals surface area contributed by atoms with Crippen molar-refractivity contribution in [3.63, 3.8) is 0 Å². The maximum atomic E-state index is 6.08. The van der Waals surface area contributed by atoms with Gasteiger partial charge in [0.1, 0.15) is 5.82 Å². The standard InChI is InChI=1S/C22H18ClN3S/c23-19-11-13-20(14-12-19)26-21(15-17-7-3-1-4-8-17)24-25-22(26)27-16-18-9-5-2-6-10-18/h1-14H,15-16H2. The minimum atomic E-state index is 0.718. The molecule has 0 saturated heterocycles. The first-order valence-corrected chi connectivity index (χ1v) is 10.1. The van der Waals surface area contributed by atoms with Crippen molar-refractivity contribution in [2.45, 2.75) is 17.3 Å². The van der Waals surface area contributed by atoms with Gasteiger partial charge in [-0.3, -0.25) is 4.57 Å². The summed E-state index contributed by atoms with van der Waals surface area (Å²) >= 11 is 7.76. The van der Waals surface area contributed by atoms with Gasteiger partial charge in [-0.1, -0.05) is 84.0 Å². The Hall–Kier alpha value is -2.56. The summed E-state index contributed by atoms with van der Waals surface area (Å²) in [6, 6.07) is 28.5. The fraction of sp³-hybridized carbons (Fsp3) is 0.0909. The molecule has 0 atom stereocenters. The molecule has 1 heterocycles. The van der Waals surface area contributed by atoms with E-state index < -0.39 is 0 Å². The second-order valence-electron chi connectivity index (χ2n) is 6.15. The van der Waals surface area contributed by atoms with Crippen molar-refractivity contribution in [2.24, 2.45) is 0 Å². The lowest BCUT2D eigenvalue weighted by Gasteiger charge is -2.10. The molecule has 0 saturated carbocycles. The molecule has 4 rings (SSSR count). The Morgan fingerprint density at radius 2 is 1.37 bits per heavy atom. The largest absolute Gasteiger partial charge is 0.274 e. The molecular formula is C22H18ClN3S. The number of thioether (sulfide) groups is 1. The van der Waals surface area contributed by atoms with Gasteiger partial charge in [0.15, 0.2) is 5.16 Å². The number of nitrogens with zero attached hydrogens (tertiary/aromatic N) is 3. The Balaban J connectivity index is 1.66. The third-order valence-electron chi connectivity index (χ3n) is 4.20. The molecular weight excluding hydrogens is 374 g/mol. The van der Waals surface area contributed by atoms with E-state index in [1.165, 1.54) is 11.1 Å². The lowest BCUT2D eigenvalue weighted by atomic mass is 10.1. The lowest BCUT2D eigenvalue weighted by molar-refractivity contribution is 0.848. The van der Waals surface area contributed by atoms with Crippen LogP contribution in [0.2, 0.25) is 5.02 Å². The topological polar surface area (TPSA) is 30.7 Å². The zero-order chi connectivity index (χ0) is 18.5. The Kier molecular flexibility index (Phi) is 5.56. The lowest BCUT2D eigenvalue weighted by Crippen LogP contribution is -2.03. The van der Waals surface area contributed by atoms with E-state index in [0.717, 1.165) is 33.9 Å². The first-order chi connectivity index (χ1) is 13.3. The molecule has 4 aromatic rings. The molecule has 1 aromatic heterocycles. The van der Waals surface area contributed by atoms with Gasteiger partial charge in [0.25, 0.3) is 0 Å². The van der Waals surface area contributed by atoms with Gasteiger partial charge >= 0.3 is 0 Å². The number of benzene rings is 3. The number of halogens is 1. The third-order valence-corrected chi connectivity index (χ3v) is 5.45. The summed E-state index contributed by atoms with van der Waals surface area (Å²) in [5, 5.41) is 10.5. The molecule has 27 heavy (non-hydrogen) atoms. The zero-order valence-corrected chi connectivity index (χ0v) is 16.2. The molecule has 3 aromatic carbocycles. The van der Waals surface area contributed by atoms with E-state index in [0.29, 0.717) is 0 Å². The van der Waals surface area contributed by atoms with Crippen LogP contribution >= 0.6 is 23.4 Å². The summed E-state index contributed by atoms with van der Waals surface area (Å²) in [5.74, 6) is 1.76. The van der Waals surface area contributed by atoms with Crippen LogP contribution in [0.15, 0.2) is 90.1 Å². The van der Waals surface area contributed by atoms with Gasteiger partial charge in [-0.15, -0.1) is 10.2 Å². The Labute approximate surface area is 168 Å². The molecule has 0 aliphatic rings. The van der Waals surface area contributed by atoms with Gasteiger partial charge in [0, 0.05) is 22.9 Å². The highest BCUT2D eigenvalue weighted by molar-refractivity contribution is 7.98. The van der Waals surface area contributed by atoms with E-state index in [4.69, 9.17) is 11.6 Å². The van der Waals surface area contributed by atoms with Crippen molar-refractivity contribution >= 4 is 23.4 Å². The van der Waals surface area contributed by atoms with Crippen molar-refractivity contribution in [3.8, 4) is 5.69 Å². The predicted molar refractivity (Wildman–Crippen MR) is 112 cm³/mol. The van der Waals surface area contributed by atoms with Crippen molar-refractivity contribution in [1.29, 1.82) is 0 Å². The van der Waals surface area contributed by atoms with Crippen molar-refractivity contribution < 1.29 is 0 Å². The summed E-state index contributed by atoms with van der Waals surface area (Å²) in [7, 11) is 0. The first kappa shape index (κ1) is 17.8. The first-order valence-electron chi connectivity index (χ1n) is 8.70. The molecule has 0 aliphatic heterocycles. The Bertz CT molecular complexity index is 999. The molecule has 0 radical (unpaired) electrons. The highest BCUT2D eigenvalue weighted by Gasteiger charge is 2.15. The van der Waals surface area contributed by atoms with Gasteiger partial charge in [0.2, 0.25) is 0 Å². The summed E-state index contributed by atoms with van der Waals surface area (Å²) in [6.45, 7) is 0. The number of hydrogen-bond donors (Lipinski definition) is 0. The Morgan fingerprint density at radius 1 is 0.741 bits per heavy atom. The average Bonchev–Trinajstić information content (AvgIpc) is 3.11. The van der Waals surface area contributed by atoms with Crippen LogP contribution < -0.4 is 0 Å². The number of rotatable bonds is 6. The van der Waals surface area contributed by atoms with Crippen LogP contribution in [-0.2, 0) is 12.2 Å². The van der Waals surface area contributed by atoms with E-state index in [9.17, 15) is 0 Å². The summed E-state index contributed by atoms with van der Waals surface area (Å²) in [5.41, 5.74) is 3.49. The predicted octanol–water partition coefficient (Wildman–Crippen LogP) is 5.80. The number of aromatic nitrogens is 3. The normalized spacial score (nSPS) is 10.9. The van der Waals surface area contributed by atoms with Crippen molar-refractivity contribution in [1.82, 2.24) is 14.8 Å². The number of hydrogen-bond acceptors (Lipinski definition) is 3. The molecule has 3 nitrogen and oxygen atoms in total. The smallest absolute Gasteiger partial charge is 0.196 e. The van der Waals surface area contributed by atoms with Crippen LogP contribution in [0.1, 0.15) is 17.0 Å². The van der Waals surface area contributed by atoms with E-state index >= 15 is 0 Å². The van der Waals surface area contributed by atoms with Crippen LogP contribution in [-0.4, -0.2) is 14.8 Å². The van der Waals surface area contributed by atoms with E-state index in [2.05, 4.69) is 51.2 Å². The monoisotopic (exact) mass is 391 g/mol. The average molecular weight is 392 g/mol. The molecule has 0 N–H and O–H groups in total. The SMILES string of the molecule is Clc1ccc(-n2c(Cc3ccccc3)nnc2SCc2ccccc2)cc1. The third kappa shape index (κ3) is 4.41. The minimum Gasteiger partial charge on any atom is -0.274 e. The maximum absolute atomic E-state index is 6.08. The van der Waals surface area contributed by atoms with Gasteiger partial charge in [0.05, 0.1) is 0 Å². The molecule has 5 heteroatoms. The van der Waals surface area contributed by atoms with Crippen LogP contribution in [0, 0.1) is 0 Å². The zero-order valence-electron chi connectivity index (χ0n) is 14.6. The van der Waals surface area contributed by atoms with Crippen LogP contribution in [0.4, 0.5) is 0 Å². The summed E-state index contributed by atoms with van der Waals surface area (Å²) in [4.78, 5) is 0. The molecule has 0 fully saturated rings. The quantitative estimate of drug-likeness (QED) is 0.389. The highest BCUT2D eigenvalue weighted by atomic mass is 35.5. The van der Waals surface area contributed by atoms with Crippen LogP contribution in [0.5, 0.6) is 0 Å². The van der Waals surface area contributed by atoms with Crippen LogP contribution in [0.25, 0.3) is 5.69 Å². The molecule has 0 aliphatic carbocycles.